The van der Waals surface area contributed by atoms with Crippen LogP contribution in [-0.2, 0) is 13.0 Å². The average Bonchev–Trinajstić information content (AvgIpc) is 2.75. The Balaban J connectivity index is 2.09. The van der Waals surface area contributed by atoms with E-state index in [-0.39, 0.29) is 6.04 Å². The molecule has 1 aliphatic rings. The van der Waals surface area contributed by atoms with Crippen molar-refractivity contribution in [1.82, 2.24) is 9.55 Å². The number of aryl methyl sites for hydroxylation is 1. The van der Waals surface area contributed by atoms with Gasteiger partial charge in [-0.15, -0.1) is 0 Å². The van der Waals surface area contributed by atoms with Gasteiger partial charge in [-0.2, -0.15) is 0 Å². The monoisotopic (exact) mass is 335 g/mol. The lowest BCUT2D eigenvalue weighted by molar-refractivity contribution is 0.412. The Morgan fingerprint density at radius 3 is 2.95 bits per heavy atom. The SMILES string of the molecule is COc1ccc(-c2nc(C)n3c2CC(N)CC3)cc1Br. The molecule has 2 aromatic rings. The summed E-state index contributed by atoms with van der Waals surface area (Å²) >= 11 is 3.54. The summed E-state index contributed by atoms with van der Waals surface area (Å²) in [6.07, 6.45) is 1.91. The molecule has 20 heavy (non-hydrogen) atoms. The first kappa shape index (κ1) is 13.6. The predicted octanol–water partition coefficient (Wildman–Crippen LogP) is 2.90. The van der Waals surface area contributed by atoms with Crippen LogP contribution in [-0.4, -0.2) is 22.7 Å². The molecule has 1 atom stereocenters. The number of benzene rings is 1. The van der Waals surface area contributed by atoms with E-state index in [1.54, 1.807) is 7.11 Å². The lowest BCUT2D eigenvalue weighted by atomic mass is 10.0. The highest BCUT2D eigenvalue weighted by molar-refractivity contribution is 9.10. The molecule has 1 aromatic carbocycles. The van der Waals surface area contributed by atoms with E-state index >= 15 is 0 Å². The zero-order valence-electron chi connectivity index (χ0n) is 11.7. The van der Waals surface area contributed by atoms with Gasteiger partial charge in [-0.05, 0) is 47.5 Å². The lowest BCUT2D eigenvalue weighted by Crippen LogP contribution is -2.31. The van der Waals surface area contributed by atoms with E-state index in [0.29, 0.717) is 0 Å². The molecule has 0 aliphatic carbocycles. The molecule has 0 fully saturated rings. The van der Waals surface area contributed by atoms with Gasteiger partial charge in [-0.25, -0.2) is 4.98 Å². The first-order chi connectivity index (χ1) is 9.60. The number of nitrogens with zero attached hydrogens (tertiary/aromatic N) is 2. The second-order valence-electron chi connectivity index (χ2n) is 5.21. The van der Waals surface area contributed by atoms with Crippen LogP contribution in [0, 0.1) is 6.92 Å². The van der Waals surface area contributed by atoms with Gasteiger partial charge in [-0.1, -0.05) is 0 Å². The van der Waals surface area contributed by atoms with Gasteiger partial charge >= 0.3 is 0 Å². The third-order valence-electron chi connectivity index (χ3n) is 3.87. The predicted molar refractivity (Wildman–Crippen MR) is 82.9 cm³/mol. The number of methoxy groups -OCH3 is 1. The van der Waals surface area contributed by atoms with Crippen molar-refractivity contribution in [1.29, 1.82) is 0 Å². The van der Waals surface area contributed by atoms with Crippen molar-refractivity contribution in [2.24, 2.45) is 5.73 Å². The van der Waals surface area contributed by atoms with Gasteiger partial charge in [0, 0.05) is 30.3 Å². The van der Waals surface area contributed by atoms with Crippen LogP contribution in [0.5, 0.6) is 5.75 Å². The van der Waals surface area contributed by atoms with Gasteiger partial charge in [0.05, 0.1) is 17.3 Å². The normalized spacial score (nSPS) is 17.9. The summed E-state index contributed by atoms with van der Waals surface area (Å²) in [5.41, 5.74) is 9.50. The third kappa shape index (κ3) is 2.25. The van der Waals surface area contributed by atoms with Crippen molar-refractivity contribution >= 4 is 15.9 Å². The molecule has 0 bridgehead atoms. The molecule has 2 N–H and O–H groups in total. The molecule has 2 heterocycles. The summed E-state index contributed by atoms with van der Waals surface area (Å²) in [5, 5.41) is 0. The molecule has 0 saturated carbocycles. The van der Waals surface area contributed by atoms with E-state index in [9.17, 15) is 0 Å². The third-order valence-corrected chi connectivity index (χ3v) is 4.49. The molecule has 1 unspecified atom stereocenters. The fourth-order valence-corrected chi connectivity index (χ4v) is 3.34. The van der Waals surface area contributed by atoms with Crippen LogP contribution in [0.1, 0.15) is 17.9 Å². The van der Waals surface area contributed by atoms with Crippen LogP contribution >= 0.6 is 15.9 Å². The van der Waals surface area contributed by atoms with Crippen molar-refractivity contribution in [3.8, 4) is 17.0 Å². The summed E-state index contributed by atoms with van der Waals surface area (Å²) in [6, 6.07) is 6.30. The van der Waals surface area contributed by atoms with Gasteiger partial charge in [0.1, 0.15) is 11.6 Å². The van der Waals surface area contributed by atoms with Crippen LogP contribution in [0.15, 0.2) is 22.7 Å². The molecule has 0 radical (unpaired) electrons. The summed E-state index contributed by atoms with van der Waals surface area (Å²) in [4.78, 5) is 4.74. The maximum absolute atomic E-state index is 6.11. The van der Waals surface area contributed by atoms with Crippen LogP contribution in [0.2, 0.25) is 0 Å². The molecule has 106 valence electrons. The van der Waals surface area contributed by atoms with Crippen molar-refractivity contribution < 1.29 is 4.74 Å². The highest BCUT2D eigenvalue weighted by Crippen LogP contribution is 2.33. The van der Waals surface area contributed by atoms with Crippen LogP contribution in [0.3, 0.4) is 0 Å². The zero-order chi connectivity index (χ0) is 14.3. The Hall–Kier alpha value is -1.33. The topological polar surface area (TPSA) is 53.1 Å². The van der Waals surface area contributed by atoms with E-state index in [1.807, 2.05) is 12.1 Å². The molecule has 0 saturated heterocycles. The molecule has 0 amide bonds. The minimum atomic E-state index is 0.235. The largest absolute Gasteiger partial charge is 0.496 e. The Morgan fingerprint density at radius 2 is 2.25 bits per heavy atom. The minimum Gasteiger partial charge on any atom is -0.496 e. The number of hydrogen-bond donors (Lipinski definition) is 1. The van der Waals surface area contributed by atoms with E-state index in [0.717, 1.165) is 46.7 Å². The molecular weight excluding hydrogens is 318 g/mol. The lowest BCUT2D eigenvalue weighted by Gasteiger charge is -2.22. The second-order valence-corrected chi connectivity index (χ2v) is 6.06. The van der Waals surface area contributed by atoms with E-state index < -0.39 is 0 Å². The molecule has 4 nitrogen and oxygen atoms in total. The summed E-state index contributed by atoms with van der Waals surface area (Å²) < 4.78 is 8.51. The van der Waals surface area contributed by atoms with Gasteiger partial charge in [0.15, 0.2) is 0 Å². The van der Waals surface area contributed by atoms with E-state index in [1.165, 1.54) is 5.69 Å². The summed E-state index contributed by atoms with van der Waals surface area (Å²) in [6.45, 7) is 3.02. The van der Waals surface area contributed by atoms with Gasteiger partial charge < -0.3 is 15.0 Å². The second kappa shape index (κ2) is 5.22. The molecule has 0 spiro atoms. The van der Waals surface area contributed by atoms with Crippen molar-refractivity contribution in [2.75, 3.05) is 7.11 Å². The fourth-order valence-electron chi connectivity index (χ4n) is 2.80. The van der Waals surface area contributed by atoms with Crippen molar-refractivity contribution in [2.45, 2.75) is 32.4 Å². The molecule has 1 aromatic heterocycles. The molecule has 5 heteroatoms. The number of aromatic nitrogens is 2. The smallest absolute Gasteiger partial charge is 0.133 e. The molecular formula is C15H18BrN3O. The number of rotatable bonds is 2. The van der Waals surface area contributed by atoms with E-state index in [4.69, 9.17) is 15.5 Å². The number of imidazole rings is 1. The van der Waals surface area contributed by atoms with Gasteiger partial charge in [-0.3, -0.25) is 0 Å². The summed E-state index contributed by atoms with van der Waals surface area (Å²) in [7, 11) is 1.67. The van der Waals surface area contributed by atoms with Crippen LogP contribution in [0.4, 0.5) is 0 Å². The number of hydrogen-bond acceptors (Lipinski definition) is 3. The Bertz CT molecular complexity index is 651. The first-order valence-corrected chi connectivity index (χ1v) is 7.55. The Morgan fingerprint density at radius 1 is 1.45 bits per heavy atom. The minimum absolute atomic E-state index is 0.235. The van der Waals surface area contributed by atoms with Gasteiger partial charge in [0.25, 0.3) is 0 Å². The number of halogens is 1. The maximum Gasteiger partial charge on any atom is 0.133 e. The standard InChI is InChI=1S/C15H18BrN3O/c1-9-18-15(13-8-11(17)5-6-19(9)13)10-3-4-14(20-2)12(16)7-10/h3-4,7,11H,5-6,8,17H2,1-2H3. The highest BCUT2D eigenvalue weighted by Gasteiger charge is 2.23. The Labute approximate surface area is 127 Å². The average molecular weight is 336 g/mol. The number of fused-ring (bicyclic) bond motifs is 1. The van der Waals surface area contributed by atoms with Crippen molar-refractivity contribution in [3.05, 3.63) is 34.2 Å². The molecule has 1 aliphatic heterocycles. The fraction of sp³-hybridized carbons (Fsp3) is 0.400. The Kier molecular flexibility index (Phi) is 3.56. The van der Waals surface area contributed by atoms with E-state index in [2.05, 4.69) is 33.5 Å². The number of nitrogens with two attached hydrogens (primary N) is 1. The number of ether oxygens (including phenoxy) is 1. The first-order valence-electron chi connectivity index (χ1n) is 6.75. The molecule has 3 rings (SSSR count). The quantitative estimate of drug-likeness (QED) is 0.917. The van der Waals surface area contributed by atoms with Crippen LogP contribution in [0.25, 0.3) is 11.3 Å². The van der Waals surface area contributed by atoms with Crippen LogP contribution < -0.4 is 10.5 Å². The highest BCUT2D eigenvalue weighted by atomic mass is 79.9. The van der Waals surface area contributed by atoms with Crippen molar-refractivity contribution in [3.63, 3.8) is 0 Å². The summed E-state index contributed by atoms with van der Waals surface area (Å²) in [5.74, 6) is 1.89. The maximum atomic E-state index is 6.11. The van der Waals surface area contributed by atoms with Gasteiger partial charge in [0.2, 0.25) is 0 Å². The zero-order valence-corrected chi connectivity index (χ0v) is 13.3.